The number of aldehydes is 1. The SMILES string of the molecule is O=Cc1ccc(-c2cc(C(F)(F)F)c3oc(CCO)cc3c2)nc1. The van der Waals surface area contributed by atoms with Gasteiger partial charge in [-0.25, -0.2) is 0 Å². The van der Waals surface area contributed by atoms with E-state index in [2.05, 4.69) is 4.98 Å². The molecule has 0 unspecified atom stereocenters. The van der Waals surface area contributed by atoms with Crippen molar-refractivity contribution in [1.82, 2.24) is 4.98 Å². The molecule has 3 rings (SSSR count). The van der Waals surface area contributed by atoms with Crippen LogP contribution in [0.1, 0.15) is 21.7 Å². The Labute approximate surface area is 134 Å². The smallest absolute Gasteiger partial charge is 0.420 e. The van der Waals surface area contributed by atoms with Gasteiger partial charge in [-0.2, -0.15) is 13.2 Å². The Kier molecular flexibility index (Phi) is 4.11. The van der Waals surface area contributed by atoms with E-state index < -0.39 is 11.7 Å². The van der Waals surface area contributed by atoms with Gasteiger partial charge in [-0.15, -0.1) is 0 Å². The predicted octanol–water partition coefficient (Wildman–Crippen LogP) is 3.86. The number of furan rings is 1. The van der Waals surface area contributed by atoms with Crippen molar-refractivity contribution in [2.45, 2.75) is 12.6 Å². The number of aliphatic hydroxyl groups excluding tert-OH is 1. The number of aliphatic hydroxyl groups is 1. The molecule has 0 aliphatic rings. The first kappa shape index (κ1) is 16.2. The molecule has 4 nitrogen and oxygen atoms in total. The molecular weight excluding hydrogens is 323 g/mol. The van der Waals surface area contributed by atoms with Gasteiger partial charge in [0.1, 0.15) is 11.3 Å². The maximum absolute atomic E-state index is 13.4. The van der Waals surface area contributed by atoms with E-state index in [1.807, 2.05) is 0 Å². The van der Waals surface area contributed by atoms with Crippen LogP contribution in [0.25, 0.3) is 22.2 Å². The van der Waals surface area contributed by atoms with Crippen LogP contribution < -0.4 is 0 Å². The molecule has 0 bridgehead atoms. The monoisotopic (exact) mass is 335 g/mol. The summed E-state index contributed by atoms with van der Waals surface area (Å²) >= 11 is 0. The maximum atomic E-state index is 13.4. The normalized spacial score (nSPS) is 11.8. The maximum Gasteiger partial charge on any atom is 0.420 e. The molecule has 1 N–H and O–H groups in total. The number of carbonyl (C=O) groups is 1. The van der Waals surface area contributed by atoms with E-state index >= 15 is 0 Å². The fourth-order valence-corrected chi connectivity index (χ4v) is 2.44. The average Bonchev–Trinajstić information content (AvgIpc) is 2.95. The Morgan fingerprint density at radius 3 is 2.58 bits per heavy atom. The molecule has 2 aromatic heterocycles. The van der Waals surface area contributed by atoms with Crippen molar-refractivity contribution in [3.8, 4) is 11.3 Å². The zero-order chi connectivity index (χ0) is 17.3. The minimum absolute atomic E-state index is 0.133. The topological polar surface area (TPSA) is 63.3 Å². The van der Waals surface area contributed by atoms with Crippen LogP contribution in [0.15, 0.2) is 40.9 Å². The van der Waals surface area contributed by atoms with Crippen LogP contribution >= 0.6 is 0 Å². The van der Waals surface area contributed by atoms with Crippen LogP contribution in [-0.2, 0) is 12.6 Å². The third-order valence-electron chi connectivity index (χ3n) is 3.55. The Hall–Kier alpha value is -2.67. The van der Waals surface area contributed by atoms with Gasteiger partial charge in [-0.3, -0.25) is 9.78 Å². The summed E-state index contributed by atoms with van der Waals surface area (Å²) in [6, 6.07) is 6.96. The molecular formula is C17H12F3NO3. The summed E-state index contributed by atoms with van der Waals surface area (Å²) in [6.45, 7) is -0.220. The van der Waals surface area contributed by atoms with Crippen molar-refractivity contribution in [1.29, 1.82) is 0 Å². The highest BCUT2D eigenvalue weighted by Gasteiger charge is 2.35. The molecule has 24 heavy (non-hydrogen) atoms. The molecule has 7 heteroatoms. The molecule has 124 valence electrons. The number of aromatic nitrogens is 1. The minimum Gasteiger partial charge on any atom is -0.460 e. The van der Waals surface area contributed by atoms with E-state index in [1.165, 1.54) is 30.5 Å². The molecule has 0 radical (unpaired) electrons. The summed E-state index contributed by atoms with van der Waals surface area (Å²) in [4.78, 5) is 14.7. The molecule has 0 spiro atoms. The largest absolute Gasteiger partial charge is 0.460 e. The number of hydrogen-bond donors (Lipinski definition) is 1. The van der Waals surface area contributed by atoms with Crippen LogP contribution in [-0.4, -0.2) is 23.0 Å². The van der Waals surface area contributed by atoms with Crippen molar-refractivity contribution in [2.75, 3.05) is 6.61 Å². The number of fused-ring (bicyclic) bond motifs is 1. The number of nitrogens with zero attached hydrogens (tertiary/aromatic N) is 1. The quantitative estimate of drug-likeness (QED) is 0.736. The average molecular weight is 335 g/mol. The second-order valence-corrected chi connectivity index (χ2v) is 5.22. The van der Waals surface area contributed by atoms with Gasteiger partial charge in [0.25, 0.3) is 0 Å². The zero-order valence-corrected chi connectivity index (χ0v) is 12.3. The molecule has 2 heterocycles. The molecule has 0 atom stereocenters. The lowest BCUT2D eigenvalue weighted by Gasteiger charge is -2.10. The summed E-state index contributed by atoms with van der Waals surface area (Å²) in [7, 11) is 0. The Morgan fingerprint density at radius 2 is 2.00 bits per heavy atom. The lowest BCUT2D eigenvalue weighted by atomic mass is 10.0. The number of alkyl halides is 3. The van der Waals surface area contributed by atoms with Crippen molar-refractivity contribution in [2.24, 2.45) is 0 Å². The molecule has 0 aliphatic heterocycles. The number of pyridine rings is 1. The Morgan fingerprint density at radius 1 is 1.21 bits per heavy atom. The summed E-state index contributed by atoms with van der Waals surface area (Å²) in [6.07, 6.45) is -2.55. The number of carbonyl (C=O) groups excluding carboxylic acids is 1. The van der Waals surface area contributed by atoms with Crippen molar-refractivity contribution < 1.29 is 27.5 Å². The number of benzene rings is 1. The standard InChI is InChI=1S/C17H12F3NO3/c18-17(19,20)14-7-11(15-2-1-10(9-23)8-21-15)5-12-6-13(3-4-22)24-16(12)14/h1-2,5-9,22H,3-4H2. The second-order valence-electron chi connectivity index (χ2n) is 5.22. The van der Waals surface area contributed by atoms with Gasteiger partial charge < -0.3 is 9.52 Å². The first-order chi connectivity index (χ1) is 11.4. The minimum atomic E-state index is -4.59. The van der Waals surface area contributed by atoms with Gasteiger partial charge in [-0.1, -0.05) is 0 Å². The van der Waals surface area contributed by atoms with Crippen LogP contribution in [0.2, 0.25) is 0 Å². The second kappa shape index (κ2) is 6.09. The lowest BCUT2D eigenvalue weighted by Crippen LogP contribution is -2.05. The summed E-state index contributed by atoms with van der Waals surface area (Å²) in [5.41, 5.74) is -0.245. The zero-order valence-electron chi connectivity index (χ0n) is 12.3. The third kappa shape index (κ3) is 3.03. The summed E-state index contributed by atoms with van der Waals surface area (Å²) in [5.74, 6) is 0.277. The van der Waals surface area contributed by atoms with Gasteiger partial charge in [0.05, 0.1) is 17.9 Å². The molecule has 0 amide bonds. The van der Waals surface area contributed by atoms with Crippen molar-refractivity contribution in [3.05, 3.63) is 53.4 Å². The number of halogens is 3. The number of rotatable bonds is 4. The third-order valence-corrected chi connectivity index (χ3v) is 3.55. The van der Waals surface area contributed by atoms with E-state index in [0.29, 0.717) is 17.5 Å². The van der Waals surface area contributed by atoms with E-state index in [0.717, 1.165) is 6.07 Å². The molecule has 0 aliphatic carbocycles. The summed E-state index contributed by atoms with van der Waals surface area (Å²) < 4.78 is 45.3. The first-order valence-electron chi connectivity index (χ1n) is 7.08. The van der Waals surface area contributed by atoms with Crippen LogP contribution in [0.5, 0.6) is 0 Å². The van der Waals surface area contributed by atoms with Crippen LogP contribution in [0, 0.1) is 0 Å². The van der Waals surface area contributed by atoms with Crippen molar-refractivity contribution in [3.63, 3.8) is 0 Å². The van der Waals surface area contributed by atoms with E-state index in [9.17, 15) is 18.0 Å². The lowest BCUT2D eigenvalue weighted by molar-refractivity contribution is -0.136. The van der Waals surface area contributed by atoms with Gasteiger partial charge in [0, 0.05) is 29.1 Å². The highest BCUT2D eigenvalue weighted by Crippen LogP contribution is 2.39. The Balaban J connectivity index is 2.19. The fourth-order valence-electron chi connectivity index (χ4n) is 2.44. The van der Waals surface area contributed by atoms with Crippen LogP contribution in [0.3, 0.4) is 0 Å². The van der Waals surface area contributed by atoms with Gasteiger partial charge in [0.15, 0.2) is 6.29 Å². The first-order valence-corrected chi connectivity index (χ1v) is 7.08. The molecule has 3 aromatic rings. The Bertz CT molecular complexity index is 882. The summed E-state index contributed by atoms with van der Waals surface area (Å²) in [5, 5.41) is 9.22. The number of hydrogen-bond acceptors (Lipinski definition) is 4. The molecule has 0 saturated carbocycles. The highest BCUT2D eigenvalue weighted by molar-refractivity contribution is 5.87. The highest BCUT2D eigenvalue weighted by atomic mass is 19.4. The van der Waals surface area contributed by atoms with Gasteiger partial charge >= 0.3 is 6.18 Å². The van der Waals surface area contributed by atoms with Crippen molar-refractivity contribution >= 4 is 17.3 Å². The van der Waals surface area contributed by atoms with Gasteiger partial charge in [-0.05, 0) is 30.3 Å². The van der Waals surface area contributed by atoms with E-state index in [-0.39, 0.29) is 35.3 Å². The van der Waals surface area contributed by atoms with E-state index in [4.69, 9.17) is 9.52 Å². The van der Waals surface area contributed by atoms with Crippen LogP contribution in [0.4, 0.5) is 13.2 Å². The van der Waals surface area contributed by atoms with E-state index in [1.54, 1.807) is 0 Å². The van der Waals surface area contributed by atoms with Gasteiger partial charge in [0.2, 0.25) is 0 Å². The molecule has 0 saturated heterocycles. The molecule has 1 aromatic carbocycles. The fraction of sp³-hybridized carbons (Fsp3) is 0.176. The predicted molar refractivity (Wildman–Crippen MR) is 80.6 cm³/mol. The molecule has 0 fully saturated rings.